The smallest absolute Gasteiger partial charge is 0.246 e. The number of amides is 1. The van der Waals surface area contributed by atoms with Gasteiger partial charge in [-0.3, -0.25) is 4.79 Å². The van der Waals surface area contributed by atoms with Crippen molar-refractivity contribution in [2.45, 2.75) is 30.1 Å². The Hall–Kier alpha value is -2.55. The summed E-state index contributed by atoms with van der Waals surface area (Å²) in [4.78, 5) is 26.6. The molecule has 0 spiro atoms. The fourth-order valence-corrected chi connectivity index (χ4v) is 4.96. The van der Waals surface area contributed by atoms with Crippen LogP contribution in [0.5, 0.6) is 0 Å². The summed E-state index contributed by atoms with van der Waals surface area (Å²) in [5.41, 5.74) is -2.55. The third-order valence-electron chi connectivity index (χ3n) is 6.50. The lowest BCUT2D eigenvalue weighted by Crippen LogP contribution is -2.44. The number of aromatic amines is 1. The van der Waals surface area contributed by atoms with Crippen molar-refractivity contribution in [3.63, 3.8) is 0 Å². The maximum absolute atomic E-state index is 15.6. The predicted molar refractivity (Wildman–Crippen MR) is 103 cm³/mol. The summed E-state index contributed by atoms with van der Waals surface area (Å²) in [5, 5.41) is 0.825. The lowest BCUT2D eigenvalue weighted by molar-refractivity contribution is -0.125. The number of carbonyl (C=O) groups excluding carboxylic acids is 1. The Balaban J connectivity index is 1.49. The first kappa shape index (κ1) is 18.5. The van der Waals surface area contributed by atoms with Gasteiger partial charge in [0.2, 0.25) is 5.91 Å². The number of anilines is 1. The summed E-state index contributed by atoms with van der Waals surface area (Å²) in [5.74, 6) is 0.392. The fraction of sp³-hybridized carbons (Fsp3) is 0.550. The Morgan fingerprint density at radius 1 is 1.21 bits per heavy atom. The van der Waals surface area contributed by atoms with Gasteiger partial charge >= 0.3 is 0 Å². The van der Waals surface area contributed by atoms with Gasteiger partial charge in [-0.2, -0.15) is 0 Å². The first-order valence-electron chi connectivity index (χ1n) is 9.88. The SMILES string of the molecule is C=CC(=O)N1C[C@@]2(F)CN(c3ncnc4[nH]cc(C5CCOCC5)c34)C[C@@]2(F)C1. The summed E-state index contributed by atoms with van der Waals surface area (Å²) >= 11 is 0. The molecule has 9 heteroatoms. The van der Waals surface area contributed by atoms with E-state index in [-0.39, 0.29) is 26.2 Å². The van der Waals surface area contributed by atoms with Crippen LogP contribution in [-0.4, -0.2) is 76.5 Å². The molecule has 154 valence electrons. The molecule has 0 bridgehead atoms. The van der Waals surface area contributed by atoms with E-state index in [1.54, 1.807) is 4.90 Å². The van der Waals surface area contributed by atoms with Crippen molar-refractivity contribution in [2.75, 3.05) is 44.3 Å². The number of aromatic nitrogens is 3. The van der Waals surface area contributed by atoms with Crippen LogP contribution in [0.15, 0.2) is 25.2 Å². The Morgan fingerprint density at radius 3 is 2.55 bits per heavy atom. The molecular formula is C20H23F2N5O2. The standard InChI is InChI=1S/C20H23F2N5O2/c1-2-15(28)26-8-19(21)10-27(11-20(19,22)9-26)18-16-14(13-3-5-29-6-4-13)7-23-17(16)24-12-25-18/h2,7,12-13H,1,3-6,8-11H2,(H,23,24,25)/t19-,20+. The highest BCUT2D eigenvalue weighted by molar-refractivity contribution is 5.92. The Labute approximate surface area is 166 Å². The first-order valence-corrected chi connectivity index (χ1v) is 9.88. The average Bonchev–Trinajstić information content (AvgIpc) is 3.34. The van der Waals surface area contributed by atoms with E-state index in [1.807, 2.05) is 6.20 Å². The van der Waals surface area contributed by atoms with E-state index in [0.29, 0.717) is 30.6 Å². The molecule has 0 aliphatic carbocycles. The molecule has 3 aliphatic rings. The molecule has 7 nitrogen and oxygen atoms in total. The molecule has 3 aliphatic heterocycles. The average molecular weight is 403 g/mol. The number of nitrogens with zero attached hydrogens (tertiary/aromatic N) is 4. The van der Waals surface area contributed by atoms with Crippen LogP contribution < -0.4 is 4.90 Å². The molecule has 1 amide bonds. The number of carbonyl (C=O) groups is 1. The van der Waals surface area contributed by atoms with E-state index in [2.05, 4.69) is 21.5 Å². The topological polar surface area (TPSA) is 74.4 Å². The van der Waals surface area contributed by atoms with Crippen LogP contribution in [0.1, 0.15) is 24.3 Å². The number of ether oxygens (including phenoxy) is 1. The van der Waals surface area contributed by atoms with Gasteiger partial charge in [0.05, 0.1) is 31.6 Å². The number of alkyl halides is 2. The number of hydrogen-bond donors (Lipinski definition) is 1. The Bertz CT molecular complexity index is 955. The minimum absolute atomic E-state index is 0.158. The molecule has 5 rings (SSSR count). The molecule has 3 saturated heterocycles. The maximum atomic E-state index is 15.6. The third kappa shape index (κ3) is 2.74. The number of halogens is 2. The minimum Gasteiger partial charge on any atom is -0.381 e. The van der Waals surface area contributed by atoms with Gasteiger partial charge in [-0.1, -0.05) is 6.58 Å². The maximum Gasteiger partial charge on any atom is 0.246 e. The normalized spacial score (nSPS) is 30.1. The van der Waals surface area contributed by atoms with Gasteiger partial charge < -0.3 is 19.5 Å². The van der Waals surface area contributed by atoms with E-state index < -0.39 is 17.2 Å². The molecule has 1 N–H and O–H groups in total. The van der Waals surface area contributed by atoms with Crippen LogP contribution in [0.25, 0.3) is 11.0 Å². The fourth-order valence-electron chi connectivity index (χ4n) is 4.96. The summed E-state index contributed by atoms with van der Waals surface area (Å²) in [6, 6.07) is 0. The van der Waals surface area contributed by atoms with Gasteiger partial charge in [0.1, 0.15) is 17.8 Å². The van der Waals surface area contributed by atoms with Crippen molar-refractivity contribution in [2.24, 2.45) is 0 Å². The summed E-state index contributed by atoms with van der Waals surface area (Å²) in [7, 11) is 0. The van der Waals surface area contributed by atoms with Gasteiger partial charge in [0.15, 0.2) is 11.3 Å². The van der Waals surface area contributed by atoms with Gasteiger partial charge in [0.25, 0.3) is 0 Å². The number of H-pyrrole nitrogens is 1. The van der Waals surface area contributed by atoms with Crippen LogP contribution in [0, 0.1) is 0 Å². The second-order valence-corrected chi connectivity index (χ2v) is 8.24. The zero-order valence-electron chi connectivity index (χ0n) is 16.0. The molecule has 0 aromatic carbocycles. The summed E-state index contributed by atoms with van der Waals surface area (Å²) in [6.45, 7) is 3.93. The van der Waals surface area contributed by atoms with Crippen molar-refractivity contribution < 1.29 is 18.3 Å². The molecule has 2 aromatic rings. The third-order valence-corrected chi connectivity index (χ3v) is 6.50. The van der Waals surface area contributed by atoms with Crippen LogP contribution in [0.3, 0.4) is 0 Å². The Morgan fingerprint density at radius 2 is 1.90 bits per heavy atom. The largest absolute Gasteiger partial charge is 0.381 e. The molecule has 2 atom stereocenters. The molecule has 29 heavy (non-hydrogen) atoms. The van der Waals surface area contributed by atoms with Crippen molar-refractivity contribution in [3.8, 4) is 0 Å². The van der Waals surface area contributed by atoms with E-state index in [9.17, 15) is 4.79 Å². The minimum atomic E-state index is -2.14. The van der Waals surface area contributed by atoms with E-state index in [0.717, 1.165) is 29.9 Å². The van der Waals surface area contributed by atoms with Crippen LogP contribution in [-0.2, 0) is 9.53 Å². The van der Waals surface area contributed by atoms with Crippen molar-refractivity contribution >= 4 is 22.8 Å². The van der Waals surface area contributed by atoms with E-state index in [4.69, 9.17) is 4.74 Å². The quantitative estimate of drug-likeness (QED) is 0.795. The number of fused-ring (bicyclic) bond motifs is 2. The zero-order valence-corrected chi connectivity index (χ0v) is 16.0. The van der Waals surface area contributed by atoms with E-state index >= 15 is 8.78 Å². The zero-order chi connectivity index (χ0) is 20.2. The molecule has 0 radical (unpaired) electrons. The molecule has 5 heterocycles. The van der Waals surface area contributed by atoms with E-state index in [1.165, 1.54) is 11.2 Å². The van der Waals surface area contributed by atoms with Crippen LogP contribution >= 0.6 is 0 Å². The van der Waals surface area contributed by atoms with Crippen molar-refractivity contribution in [1.82, 2.24) is 19.9 Å². The molecule has 0 unspecified atom stereocenters. The molecule has 2 aromatic heterocycles. The highest BCUT2D eigenvalue weighted by Gasteiger charge is 2.66. The predicted octanol–water partition coefficient (Wildman–Crippen LogP) is 2.12. The number of rotatable bonds is 3. The van der Waals surface area contributed by atoms with Gasteiger partial charge in [0, 0.05) is 19.4 Å². The first-order chi connectivity index (χ1) is 13.9. The summed E-state index contributed by atoms with van der Waals surface area (Å²) < 4.78 is 36.7. The van der Waals surface area contributed by atoms with Crippen LogP contribution in [0.4, 0.5) is 14.6 Å². The number of hydrogen-bond acceptors (Lipinski definition) is 5. The lowest BCUT2D eigenvalue weighted by atomic mass is 9.92. The van der Waals surface area contributed by atoms with Gasteiger partial charge in [-0.05, 0) is 30.4 Å². The number of nitrogens with one attached hydrogen (secondary N) is 1. The molecule has 0 saturated carbocycles. The lowest BCUT2D eigenvalue weighted by Gasteiger charge is -2.25. The Kier molecular flexibility index (Phi) is 4.13. The van der Waals surface area contributed by atoms with Gasteiger partial charge in [-0.15, -0.1) is 0 Å². The monoisotopic (exact) mass is 403 g/mol. The highest BCUT2D eigenvalue weighted by atomic mass is 19.2. The van der Waals surface area contributed by atoms with Gasteiger partial charge in [-0.25, -0.2) is 18.7 Å². The summed E-state index contributed by atoms with van der Waals surface area (Å²) in [6.07, 6.45) is 6.22. The van der Waals surface area contributed by atoms with Crippen molar-refractivity contribution in [1.29, 1.82) is 0 Å². The number of likely N-dealkylation sites (tertiary alicyclic amines) is 1. The highest BCUT2D eigenvalue weighted by Crippen LogP contribution is 2.47. The second-order valence-electron chi connectivity index (χ2n) is 8.24. The molecule has 3 fully saturated rings. The second kappa shape index (κ2) is 6.48. The van der Waals surface area contributed by atoms with Crippen LogP contribution in [0.2, 0.25) is 0 Å². The van der Waals surface area contributed by atoms with Crippen molar-refractivity contribution in [3.05, 3.63) is 30.7 Å². The molecular weight excluding hydrogens is 380 g/mol.